The molecule has 2 N–H and O–H groups in total. The molecular weight excluding hydrogens is 506 g/mol. The Kier molecular flexibility index (Phi) is 6.88. The maximum absolute atomic E-state index is 14.7. The predicted octanol–water partition coefficient (Wildman–Crippen LogP) is 6.87. The van der Waals surface area contributed by atoms with Crippen LogP contribution in [0.5, 0.6) is 0 Å². The van der Waals surface area contributed by atoms with Gasteiger partial charge in [-0.15, -0.1) is 0 Å². The molecule has 0 unspecified atom stereocenters. The van der Waals surface area contributed by atoms with Gasteiger partial charge in [0.1, 0.15) is 11.4 Å². The van der Waals surface area contributed by atoms with Gasteiger partial charge >= 0.3 is 12.2 Å². The van der Waals surface area contributed by atoms with Crippen molar-refractivity contribution in [1.82, 2.24) is 15.6 Å². The number of benzene rings is 2. The van der Waals surface area contributed by atoms with Crippen molar-refractivity contribution in [2.75, 3.05) is 0 Å². The Labute approximate surface area is 217 Å². The van der Waals surface area contributed by atoms with Crippen molar-refractivity contribution in [3.05, 3.63) is 100 Å². The molecule has 4 atom stereocenters. The van der Waals surface area contributed by atoms with E-state index in [9.17, 15) is 22.4 Å². The molecule has 1 aromatic heterocycles. The van der Waals surface area contributed by atoms with Crippen LogP contribution in [0.4, 0.5) is 22.4 Å². The Hall–Kier alpha value is -3.13. The van der Waals surface area contributed by atoms with Gasteiger partial charge in [-0.05, 0) is 72.6 Å². The Balaban J connectivity index is 1.62. The molecule has 0 saturated heterocycles. The fraction of sp³-hybridized carbons (Fsp3) is 0.357. The summed E-state index contributed by atoms with van der Waals surface area (Å²) in [5.41, 5.74) is -1.87. The minimum absolute atomic E-state index is 0.00963. The number of hydrogen-bond acceptors (Lipinski definition) is 2. The molecule has 1 heterocycles. The molecule has 4 nitrogen and oxygen atoms in total. The van der Waals surface area contributed by atoms with E-state index in [4.69, 9.17) is 11.6 Å². The third-order valence-corrected chi connectivity index (χ3v) is 7.80. The summed E-state index contributed by atoms with van der Waals surface area (Å²) in [6.45, 7) is 0. The Morgan fingerprint density at radius 2 is 1.76 bits per heavy atom. The van der Waals surface area contributed by atoms with E-state index in [1.807, 2.05) is 6.07 Å². The molecule has 0 aliphatic heterocycles. The quantitative estimate of drug-likeness (QED) is 0.341. The number of carbonyl (C=O) groups excluding carboxylic acids is 1. The van der Waals surface area contributed by atoms with Crippen LogP contribution in [-0.2, 0) is 18.1 Å². The van der Waals surface area contributed by atoms with Crippen LogP contribution >= 0.6 is 11.6 Å². The smallest absolute Gasteiger partial charge is 0.335 e. The molecule has 2 amide bonds. The summed E-state index contributed by atoms with van der Waals surface area (Å²) >= 11 is 6.06. The van der Waals surface area contributed by atoms with Crippen molar-refractivity contribution in [1.29, 1.82) is 0 Å². The predicted molar refractivity (Wildman–Crippen MR) is 132 cm³/mol. The molecule has 0 radical (unpaired) electrons. The molecular formula is C28H26ClF4N3O. The van der Waals surface area contributed by atoms with E-state index >= 15 is 0 Å². The lowest BCUT2D eigenvalue weighted by Crippen LogP contribution is -2.55. The highest BCUT2D eigenvalue weighted by molar-refractivity contribution is 6.30. The number of urea groups is 1. The number of aromatic nitrogens is 1. The second kappa shape index (κ2) is 9.97. The number of rotatable bonds is 6. The third-order valence-electron chi connectivity index (χ3n) is 7.58. The summed E-state index contributed by atoms with van der Waals surface area (Å²) in [4.78, 5) is 17.9. The molecule has 37 heavy (non-hydrogen) atoms. The second-order valence-electron chi connectivity index (χ2n) is 10.0. The number of halogens is 5. The minimum atomic E-state index is -4.78. The number of pyridine rings is 1. The van der Waals surface area contributed by atoms with Crippen molar-refractivity contribution in [3.8, 4) is 0 Å². The summed E-state index contributed by atoms with van der Waals surface area (Å²) in [5, 5.41) is 6.29. The molecule has 2 fully saturated rings. The van der Waals surface area contributed by atoms with Crippen molar-refractivity contribution >= 4 is 17.6 Å². The highest BCUT2D eigenvalue weighted by Gasteiger charge is 2.43. The molecule has 2 aliphatic carbocycles. The molecule has 2 saturated carbocycles. The van der Waals surface area contributed by atoms with Gasteiger partial charge in [-0.3, -0.25) is 4.98 Å². The normalized spacial score (nSPS) is 22.5. The Morgan fingerprint density at radius 3 is 2.38 bits per heavy atom. The van der Waals surface area contributed by atoms with Crippen molar-refractivity contribution < 1.29 is 22.4 Å². The number of nitrogens with one attached hydrogen (secondary N) is 2. The lowest BCUT2D eigenvalue weighted by Gasteiger charge is -2.36. The van der Waals surface area contributed by atoms with Gasteiger partial charge in [0.2, 0.25) is 0 Å². The Bertz CT molecular complexity index is 1270. The van der Waals surface area contributed by atoms with Gasteiger partial charge in [0.05, 0.1) is 16.3 Å². The molecule has 194 valence electrons. The number of carbonyl (C=O) groups is 1. The standard InChI is InChI=1S/C28H26ClF4N3O/c29-22-8-9-25(34-16-22)27(15-17-4-2-1-3-5-17,20-12-21(28(31,32)33)14-23(30)13-20)36-26(37)35-24-11-18-6-7-19(24)10-18/h1-5,8-9,12-14,16,18-19,24H,6-7,10-11,15H2,(H2,35,36,37)/t18-,19-,24-,27-/m0/s1. The summed E-state index contributed by atoms with van der Waals surface area (Å²) in [5.74, 6) is -0.0923. The summed E-state index contributed by atoms with van der Waals surface area (Å²) < 4.78 is 55.9. The number of amides is 2. The fourth-order valence-electron chi connectivity index (χ4n) is 5.87. The highest BCUT2D eigenvalue weighted by atomic mass is 35.5. The molecule has 2 bridgehead atoms. The monoisotopic (exact) mass is 531 g/mol. The van der Waals surface area contributed by atoms with Crippen LogP contribution in [0.25, 0.3) is 0 Å². The molecule has 2 aliphatic rings. The van der Waals surface area contributed by atoms with Crippen LogP contribution in [0.2, 0.25) is 5.02 Å². The summed E-state index contributed by atoms with van der Waals surface area (Å²) in [6, 6.07) is 13.9. The first-order chi connectivity index (χ1) is 17.6. The van der Waals surface area contributed by atoms with Crippen LogP contribution in [0.1, 0.15) is 48.1 Å². The summed E-state index contributed by atoms with van der Waals surface area (Å²) in [7, 11) is 0. The zero-order chi connectivity index (χ0) is 26.2. The fourth-order valence-corrected chi connectivity index (χ4v) is 5.98. The van der Waals surface area contributed by atoms with Gasteiger partial charge in [0.25, 0.3) is 0 Å². The van der Waals surface area contributed by atoms with E-state index in [0.29, 0.717) is 22.9 Å². The van der Waals surface area contributed by atoms with Crippen LogP contribution in [0.3, 0.4) is 0 Å². The lowest BCUT2D eigenvalue weighted by atomic mass is 9.79. The minimum Gasteiger partial charge on any atom is -0.335 e. The van der Waals surface area contributed by atoms with Gasteiger partial charge in [-0.1, -0.05) is 48.4 Å². The molecule has 0 spiro atoms. The van der Waals surface area contributed by atoms with E-state index < -0.39 is 29.1 Å². The zero-order valence-electron chi connectivity index (χ0n) is 19.9. The van der Waals surface area contributed by atoms with Crippen LogP contribution in [0.15, 0.2) is 66.9 Å². The molecule has 5 rings (SSSR count). The van der Waals surface area contributed by atoms with Crippen molar-refractivity contribution in [2.45, 2.75) is 49.9 Å². The Morgan fingerprint density at radius 1 is 1.00 bits per heavy atom. The third kappa shape index (κ3) is 5.44. The maximum atomic E-state index is 14.7. The van der Waals surface area contributed by atoms with Gasteiger partial charge < -0.3 is 10.6 Å². The second-order valence-corrected chi connectivity index (χ2v) is 10.5. The number of alkyl halides is 3. The topological polar surface area (TPSA) is 54.0 Å². The highest BCUT2D eigenvalue weighted by Crippen LogP contribution is 2.44. The van der Waals surface area contributed by atoms with E-state index in [1.165, 1.54) is 6.20 Å². The first-order valence-corrected chi connectivity index (χ1v) is 12.6. The number of nitrogens with zero attached hydrogens (tertiary/aromatic N) is 1. The van der Waals surface area contributed by atoms with E-state index in [1.54, 1.807) is 36.4 Å². The first kappa shape index (κ1) is 25.5. The SMILES string of the molecule is O=C(N[C@H]1C[C@H]2CC[C@H]1C2)N[C@@](Cc1ccccc1)(c1cc(F)cc(C(F)(F)F)c1)c1ccc(Cl)cn1. The van der Waals surface area contributed by atoms with Crippen LogP contribution in [0, 0.1) is 17.7 Å². The van der Waals surface area contributed by atoms with Gasteiger partial charge in [-0.2, -0.15) is 13.2 Å². The van der Waals surface area contributed by atoms with Gasteiger partial charge in [0, 0.05) is 18.7 Å². The van der Waals surface area contributed by atoms with Crippen LogP contribution < -0.4 is 10.6 Å². The molecule has 2 aromatic carbocycles. The largest absolute Gasteiger partial charge is 0.416 e. The van der Waals surface area contributed by atoms with Gasteiger partial charge in [-0.25, -0.2) is 9.18 Å². The first-order valence-electron chi connectivity index (χ1n) is 12.3. The summed E-state index contributed by atoms with van der Waals surface area (Å²) in [6.07, 6.45) is 0.749. The van der Waals surface area contributed by atoms with Crippen LogP contribution in [-0.4, -0.2) is 17.1 Å². The number of fused-ring (bicyclic) bond motifs is 2. The molecule has 3 aromatic rings. The van der Waals surface area contributed by atoms with Gasteiger partial charge in [0.15, 0.2) is 0 Å². The molecule has 9 heteroatoms. The van der Waals surface area contributed by atoms with Crippen molar-refractivity contribution in [3.63, 3.8) is 0 Å². The maximum Gasteiger partial charge on any atom is 0.416 e. The lowest BCUT2D eigenvalue weighted by molar-refractivity contribution is -0.137. The van der Waals surface area contributed by atoms with Crippen molar-refractivity contribution in [2.24, 2.45) is 11.8 Å². The number of hydrogen-bond donors (Lipinski definition) is 2. The van der Waals surface area contributed by atoms with E-state index in [2.05, 4.69) is 15.6 Å². The van der Waals surface area contributed by atoms with E-state index in [0.717, 1.165) is 43.4 Å². The van der Waals surface area contributed by atoms with E-state index in [-0.39, 0.29) is 23.7 Å². The average molecular weight is 532 g/mol. The average Bonchev–Trinajstić information content (AvgIpc) is 3.47. The zero-order valence-corrected chi connectivity index (χ0v) is 20.6.